The standard InChI is InChI=1S/C7H12Cl2S/c1-10-7-5(8)3-2-4-6(7)9/h5-7H,2-4H2,1H3. The molecule has 0 spiro atoms. The van der Waals surface area contributed by atoms with E-state index in [1.165, 1.54) is 6.42 Å². The number of thioether (sulfide) groups is 1. The monoisotopic (exact) mass is 198 g/mol. The molecule has 0 heterocycles. The maximum absolute atomic E-state index is 6.07. The van der Waals surface area contributed by atoms with E-state index >= 15 is 0 Å². The third-order valence-electron chi connectivity index (χ3n) is 1.94. The van der Waals surface area contributed by atoms with Gasteiger partial charge in [0, 0.05) is 16.0 Å². The molecule has 2 unspecified atom stereocenters. The van der Waals surface area contributed by atoms with Crippen LogP contribution in [0.15, 0.2) is 0 Å². The molecule has 0 aliphatic heterocycles. The van der Waals surface area contributed by atoms with Crippen molar-refractivity contribution in [1.82, 2.24) is 0 Å². The molecule has 1 aliphatic carbocycles. The molecule has 0 amide bonds. The molecule has 1 rings (SSSR count). The van der Waals surface area contributed by atoms with Gasteiger partial charge in [0.25, 0.3) is 0 Å². The number of alkyl halides is 2. The van der Waals surface area contributed by atoms with Crippen molar-refractivity contribution in [3.8, 4) is 0 Å². The van der Waals surface area contributed by atoms with Crippen LogP contribution in [-0.2, 0) is 0 Å². The smallest absolute Gasteiger partial charge is 0.0469 e. The minimum atomic E-state index is 0.297. The molecule has 0 nitrogen and oxygen atoms in total. The summed E-state index contributed by atoms with van der Waals surface area (Å²) in [6.07, 6.45) is 5.55. The van der Waals surface area contributed by atoms with Gasteiger partial charge < -0.3 is 0 Å². The predicted molar refractivity (Wildman–Crippen MR) is 50.4 cm³/mol. The molecule has 0 aromatic rings. The van der Waals surface area contributed by atoms with Gasteiger partial charge in [0.2, 0.25) is 0 Å². The summed E-state index contributed by atoms with van der Waals surface area (Å²) in [5.41, 5.74) is 0. The highest BCUT2D eigenvalue weighted by molar-refractivity contribution is 7.99. The van der Waals surface area contributed by atoms with E-state index in [0.29, 0.717) is 16.0 Å². The van der Waals surface area contributed by atoms with Gasteiger partial charge in [-0.05, 0) is 19.1 Å². The third kappa shape index (κ3) is 1.96. The van der Waals surface area contributed by atoms with Gasteiger partial charge >= 0.3 is 0 Å². The Labute approximate surface area is 76.7 Å². The first-order valence-corrected chi connectivity index (χ1v) is 5.72. The Bertz CT molecular complexity index is 97.8. The van der Waals surface area contributed by atoms with Crippen LogP contribution in [0.4, 0.5) is 0 Å². The third-order valence-corrected chi connectivity index (χ3v) is 4.42. The summed E-state index contributed by atoms with van der Waals surface area (Å²) in [6, 6.07) is 0. The normalized spacial score (nSPS) is 41.7. The lowest BCUT2D eigenvalue weighted by atomic mass is 9.99. The van der Waals surface area contributed by atoms with E-state index in [9.17, 15) is 0 Å². The number of hydrogen-bond acceptors (Lipinski definition) is 1. The van der Waals surface area contributed by atoms with Crippen molar-refractivity contribution >= 4 is 35.0 Å². The summed E-state index contributed by atoms with van der Waals surface area (Å²) in [7, 11) is 0. The van der Waals surface area contributed by atoms with Crippen molar-refractivity contribution in [3.63, 3.8) is 0 Å². The number of hydrogen-bond donors (Lipinski definition) is 0. The van der Waals surface area contributed by atoms with Crippen LogP contribution in [0.5, 0.6) is 0 Å². The molecule has 1 saturated carbocycles. The van der Waals surface area contributed by atoms with Crippen LogP contribution < -0.4 is 0 Å². The topological polar surface area (TPSA) is 0 Å². The van der Waals surface area contributed by atoms with Gasteiger partial charge in [0.05, 0.1) is 0 Å². The fourth-order valence-corrected chi connectivity index (χ4v) is 3.57. The average Bonchev–Trinajstić information content (AvgIpc) is 1.88. The highest BCUT2D eigenvalue weighted by Gasteiger charge is 2.29. The molecule has 0 radical (unpaired) electrons. The first kappa shape index (κ1) is 9.02. The van der Waals surface area contributed by atoms with Gasteiger partial charge in [-0.3, -0.25) is 0 Å². The Morgan fingerprint density at radius 2 is 1.70 bits per heavy atom. The maximum Gasteiger partial charge on any atom is 0.0469 e. The molecule has 0 aromatic carbocycles. The van der Waals surface area contributed by atoms with Crippen LogP contribution in [0.3, 0.4) is 0 Å². The molecule has 0 bridgehead atoms. The Morgan fingerprint density at radius 3 is 2.00 bits per heavy atom. The second-order valence-electron chi connectivity index (χ2n) is 2.66. The van der Waals surface area contributed by atoms with Crippen molar-refractivity contribution in [2.75, 3.05) is 6.26 Å². The second-order valence-corrected chi connectivity index (χ2v) is 4.80. The molecule has 0 aromatic heterocycles. The predicted octanol–water partition coefficient (Wildman–Crippen LogP) is 3.12. The van der Waals surface area contributed by atoms with Crippen molar-refractivity contribution in [1.29, 1.82) is 0 Å². The van der Waals surface area contributed by atoms with Crippen LogP contribution in [0, 0.1) is 0 Å². The summed E-state index contributed by atoms with van der Waals surface area (Å²) in [5.74, 6) is 0. The van der Waals surface area contributed by atoms with Gasteiger partial charge in [0.1, 0.15) is 0 Å². The van der Waals surface area contributed by atoms with Crippen LogP contribution in [-0.4, -0.2) is 22.3 Å². The van der Waals surface area contributed by atoms with Gasteiger partial charge in [-0.15, -0.1) is 23.2 Å². The van der Waals surface area contributed by atoms with Gasteiger partial charge in [-0.1, -0.05) is 6.42 Å². The van der Waals surface area contributed by atoms with Crippen molar-refractivity contribution in [2.45, 2.75) is 35.3 Å². The van der Waals surface area contributed by atoms with E-state index in [1.54, 1.807) is 11.8 Å². The second kappa shape index (κ2) is 4.08. The molecule has 0 saturated heterocycles. The van der Waals surface area contributed by atoms with Crippen molar-refractivity contribution in [2.24, 2.45) is 0 Å². The van der Waals surface area contributed by atoms with Gasteiger partial charge in [-0.25, -0.2) is 0 Å². The van der Waals surface area contributed by atoms with Crippen molar-refractivity contribution < 1.29 is 0 Å². The van der Waals surface area contributed by atoms with Crippen LogP contribution in [0.1, 0.15) is 19.3 Å². The Kier molecular flexibility index (Phi) is 3.68. The molecular weight excluding hydrogens is 187 g/mol. The number of rotatable bonds is 1. The Hall–Kier alpha value is 0.930. The molecular formula is C7H12Cl2S. The molecule has 10 heavy (non-hydrogen) atoms. The fraction of sp³-hybridized carbons (Fsp3) is 1.00. The minimum absolute atomic E-state index is 0.297. The molecule has 0 N–H and O–H groups in total. The lowest BCUT2D eigenvalue weighted by Crippen LogP contribution is -2.31. The molecule has 2 atom stereocenters. The summed E-state index contributed by atoms with van der Waals surface area (Å²) < 4.78 is 0. The highest BCUT2D eigenvalue weighted by Crippen LogP contribution is 2.34. The minimum Gasteiger partial charge on any atom is -0.159 e. The van der Waals surface area contributed by atoms with Crippen molar-refractivity contribution in [3.05, 3.63) is 0 Å². The lowest BCUT2D eigenvalue weighted by Gasteiger charge is -2.29. The highest BCUT2D eigenvalue weighted by atomic mass is 35.5. The largest absolute Gasteiger partial charge is 0.159 e. The van der Waals surface area contributed by atoms with E-state index in [1.807, 2.05) is 0 Å². The first-order valence-electron chi connectivity index (χ1n) is 3.56. The summed E-state index contributed by atoms with van der Waals surface area (Å²) in [6.45, 7) is 0. The van der Waals surface area contributed by atoms with Crippen LogP contribution in [0.25, 0.3) is 0 Å². The SMILES string of the molecule is CSC1C(Cl)CCCC1Cl. The molecule has 60 valence electrons. The van der Waals surface area contributed by atoms with E-state index in [2.05, 4.69) is 6.26 Å². The van der Waals surface area contributed by atoms with E-state index < -0.39 is 0 Å². The molecule has 1 fully saturated rings. The summed E-state index contributed by atoms with van der Waals surface area (Å²) >= 11 is 13.9. The Balaban J connectivity index is 2.45. The van der Waals surface area contributed by atoms with E-state index in [4.69, 9.17) is 23.2 Å². The molecule has 1 aliphatic rings. The summed E-state index contributed by atoms with van der Waals surface area (Å²) in [4.78, 5) is 0. The lowest BCUT2D eigenvalue weighted by molar-refractivity contribution is 0.530. The summed E-state index contributed by atoms with van der Waals surface area (Å²) in [5, 5.41) is 1.06. The fourth-order valence-electron chi connectivity index (χ4n) is 1.36. The molecule has 3 heteroatoms. The van der Waals surface area contributed by atoms with E-state index in [-0.39, 0.29) is 0 Å². The number of halogens is 2. The zero-order valence-corrected chi connectivity index (χ0v) is 8.35. The van der Waals surface area contributed by atoms with Crippen LogP contribution in [0.2, 0.25) is 0 Å². The average molecular weight is 199 g/mol. The first-order chi connectivity index (χ1) is 4.75. The zero-order valence-electron chi connectivity index (χ0n) is 6.02. The Morgan fingerprint density at radius 1 is 1.20 bits per heavy atom. The maximum atomic E-state index is 6.07. The van der Waals surface area contributed by atoms with Crippen LogP contribution >= 0.6 is 35.0 Å². The quantitative estimate of drug-likeness (QED) is 0.584. The van der Waals surface area contributed by atoms with E-state index in [0.717, 1.165) is 12.8 Å². The van der Waals surface area contributed by atoms with Gasteiger partial charge in [0.15, 0.2) is 0 Å². The van der Waals surface area contributed by atoms with Gasteiger partial charge in [-0.2, -0.15) is 11.8 Å². The zero-order chi connectivity index (χ0) is 7.56.